The molecule has 2 fully saturated rings. The van der Waals surface area contributed by atoms with Crippen LogP contribution < -0.4 is 5.32 Å². The van der Waals surface area contributed by atoms with Crippen LogP contribution in [0.3, 0.4) is 0 Å². The van der Waals surface area contributed by atoms with Crippen molar-refractivity contribution in [1.82, 2.24) is 5.32 Å². The fourth-order valence-electron chi connectivity index (χ4n) is 2.76. The van der Waals surface area contributed by atoms with E-state index in [1.54, 1.807) is 0 Å². The molecule has 1 saturated heterocycles. The number of nitrogens with one attached hydrogen (secondary N) is 1. The van der Waals surface area contributed by atoms with Gasteiger partial charge in [-0.1, -0.05) is 25.7 Å². The number of ether oxygens (including phenoxy) is 1. The highest BCUT2D eigenvalue weighted by Crippen LogP contribution is 2.23. The Morgan fingerprint density at radius 2 is 1.53 bits per heavy atom. The topological polar surface area (TPSA) is 21.3 Å². The molecule has 1 aliphatic carbocycles. The van der Waals surface area contributed by atoms with E-state index in [-0.39, 0.29) is 0 Å². The number of hydrogen-bond donors (Lipinski definition) is 1. The summed E-state index contributed by atoms with van der Waals surface area (Å²) in [4.78, 5) is 0. The summed E-state index contributed by atoms with van der Waals surface area (Å²) >= 11 is 0. The van der Waals surface area contributed by atoms with Crippen molar-refractivity contribution in [3.8, 4) is 0 Å². The van der Waals surface area contributed by atoms with Crippen LogP contribution in [-0.2, 0) is 4.74 Å². The van der Waals surface area contributed by atoms with E-state index in [1.165, 1.54) is 51.4 Å². The molecule has 0 spiro atoms. The first kappa shape index (κ1) is 11.4. The van der Waals surface area contributed by atoms with Gasteiger partial charge in [-0.25, -0.2) is 0 Å². The molecular formula is C13H25NO. The Labute approximate surface area is 93.8 Å². The normalized spacial score (nSPS) is 26.4. The van der Waals surface area contributed by atoms with Crippen molar-refractivity contribution in [2.45, 2.75) is 57.5 Å². The van der Waals surface area contributed by atoms with E-state index in [2.05, 4.69) is 5.32 Å². The Balaban J connectivity index is 1.62. The van der Waals surface area contributed by atoms with Crippen LogP contribution in [0.5, 0.6) is 0 Å². The predicted octanol–water partition coefficient (Wildman–Crippen LogP) is 2.73. The van der Waals surface area contributed by atoms with Gasteiger partial charge in [0, 0.05) is 6.61 Å². The summed E-state index contributed by atoms with van der Waals surface area (Å²) in [6.07, 6.45) is 11.6. The van der Waals surface area contributed by atoms with Gasteiger partial charge in [0.2, 0.25) is 0 Å². The van der Waals surface area contributed by atoms with Gasteiger partial charge in [-0.2, -0.15) is 0 Å². The van der Waals surface area contributed by atoms with Crippen LogP contribution in [0.2, 0.25) is 0 Å². The van der Waals surface area contributed by atoms with Crippen molar-refractivity contribution in [2.24, 2.45) is 5.92 Å². The number of rotatable bonds is 3. The minimum Gasteiger partial charge on any atom is -0.378 e. The molecular weight excluding hydrogens is 186 g/mol. The molecule has 88 valence electrons. The van der Waals surface area contributed by atoms with Gasteiger partial charge in [0.25, 0.3) is 0 Å². The van der Waals surface area contributed by atoms with Crippen LogP contribution in [0, 0.1) is 5.92 Å². The van der Waals surface area contributed by atoms with Gasteiger partial charge < -0.3 is 10.1 Å². The molecule has 0 atom stereocenters. The van der Waals surface area contributed by atoms with Gasteiger partial charge in [-0.15, -0.1) is 0 Å². The SMILES string of the molecule is C1CCCC(COC2CCNCC2)CC1. The molecule has 1 heterocycles. The maximum atomic E-state index is 6.04. The van der Waals surface area contributed by atoms with Crippen molar-refractivity contribution in [1.29, 1.82) is 0 Å². The molecule has 15 heavy (non-hydrogen) atoms. The molecule has 0 aromatic rings. The fourth-order valence-corrected chi connectivity index (χ4v) is 2.76. The van der Waals surface area contributed by atoms with Gasteiger partial charge in [-0.05, 0) is 44.7 Å². The standard InChI is InChI=1S/C13H25NO/c1-2-4-6-12(5-3-1)11-15-13-7-9-14-10-8-13/h12-14H,1-11H2. The second kappa shape index (κ2) is 6.49. The highest BCUT2D eigenvalue weighted by atomic mass is 16.5. The minimum absolute atomic E-state index is 0.550. The van der Waals surface area contributed by atoms with E-state index >= 15 is 0 Å². The van der Waals surface area contributed by atoms with E-state index in [9.17, 15) is 0 Å². The predicted molar refractivity (Wildman–Crippen MR) is 63.0 cm³/mol. The lowest BCUT2D eigenvalue weighted by Crippen LogP contribution is -2.33. The zero-order valence-corrected chi connectivity index (χ0v) is 9.84. The van der Waals surface area contributed by atoms with Crippen molar-refractivity contribution >= 4 is 0 Å². The average molecular weight is 211 g/mol. The lowest BCUT2D eigenvalue weighted by Gasteiger charge is -2.25. The second-order valence-corrected chi connectivity index (χ2v) is 5.14. The molecule has 2 rings (SSSR count). The molecule has 0 unspecified atom stereocenters. The molecule has 1 N–H and O–H groups in total. The van der Waals surface area contributed by atoms with Crippen LogP contribution >= 0.6 is 0 Å². The summed E-state index contributed by atoms with van der Waals surface area (Å²) in [7, 11) is 0. The summed E-state index contributed by atoms with van der Waals surface area (Å²) in [5.41, 5.74) is 0. The molecule has 1 aliphatic heterocycles. The molecule has 0 bridgehead atoms. The third-order valence-corrected chi connectivity index (χ3v) is 3.83. The van der Waals surface area contributed by atoms with Crippen LogP contribution in [0.25, 0.3) is 0 Å². The van der Waals surface area contributed by atoms with Crippen molar-refractivity contribution in [2.75, 3.05) is 19.7 Å². The average Bonchev–Trinajstić information content (AvgIpc) is 2.56. The quantitative estimate of drug-likeness (QED) is 0.725. The first-order valence-electron chi connectivity index (χ1n) is 6.77. The minimum atomic E-state index is 0.550. The number of piperidine rings is 1. The molecule has 0 amide bonds. The van der Waals surface area contributed by atoms with Crippen molar-refractivity contribution < 1.29 is 4.74 Å². The largest absolute Gasteiger partial charge is 0.378 e. The van der Waals surface area contributed by atoms with Gasteiger partial charge in [0.05, 0.1) is 6.10 Å². The third-order valence-electron chi connectivity index (χ3n) is 3.83. The molecule has 0 aromatic heterocycles. The molecule has 2 nitrogen and oxygen atoms in total. The molecule has 2 heteroatoms. The monoisotopic (exact) mass is 211 g/mol. The second-order valence-electron chi connectivity index (χ2n) is 5.14. The summed E-state index contributed by atoms with van der Waals surface area (Å²) in [6, 6.07) is 0. The fraction of sp³-hybridized carbons (Fsp3) is 1.00. The lowest BCUT2D eigenvalue weighted by atomic mass is 10.0. The third kappa shape index (κ3) is 4.12. The van der Waals surface area contributed by atoms with Crippen molar-refractivity contribution in [3.05, 3.63) is 0 Å². The highest BCUT2D eigenvalue weighted by molar-refractivity contribution is 4.70. The van der Waals surface area contributed by atoms with Gasteiger partial charge in [0.1, 0.15) is 0 Å². The summed E-state index contributed by atoms with van der Waals surface area (Å²) < 4.78 is 6.04. The molecule has 2 aliphatic rings. The van der Waals surface area contributed by atoms with Gasteiger partial charge in [0.15, 0.2) is 0 Å². The van der Waals surface area contributed by atoms with E-state index in [1.807, 2.05) is 0 Å². The van der Waals surface area contributed by atoms with Crippen LogP contribution in [0.1, 0.15) is 51.4 Å². The van der Waals surface area contributed by atoms with Crippen LogP contribution in [0.15, 0.2) is 0 Å². The Hall–Kier alpha value is -0.0800. The van der Waals surface area contributed by atoms with E-state index < -0.39 is 0 Å². The van der Waals surface area contributed by atoms with E-state index in [4.69, 9.17) is 4.74 Å². The Bertz CT molecular complexity index is 158. The Morgan fingerprint density at radius 1 is 0.867 bits per heavy atom. The smallest absolute Gasteiger partial charge is 0.0599 e. The van der Waals surface area contributed by atoms with Crippen molar-refractivity contribution in [3.63, 3.8) is 0 Å². The first-order chi connectivity index (χ1) is 7.45. The summed E-state index contributed by atoms with van der Waals surface area (Å²) in [6.45, 7) is 3.33. The molecule has 1 saturated carbocycles. The Kier molecular flexibility index (Phi) is 4.94. The molecule has 0 radical (unpaired) electrons. The van der Waals surface area contributed by atoms with Gasteiger partial charge in [-0.3, -0.25) is 0 Å². The first-order valence-corrected chi connectivity index (χ1v) is 6.77. The van der Waals surface area contributed by atoms with E-state index in [0.29, 0.717) is 6.10 Å². The maximum Gasteiger partial charge on any atom is 0.0599 e. The number of hydrogen-bond acceptors (Lipinski definition) is 2. The lowest BCUT2D eigenvalue weighted by molar-refractivity contribution is 0.00901. The van der Waals surface area contributed by atoms with E-state index in [0.717, 1.165) is 25.6 Å². The zero-order chi connectivity index (χ0) is 10.3. The zero-order valence-electron chi connectivity index (χ0n) is 9.84. The summed E-state index contributed by atoms with van der Waals surface area (Å²) in [5.74, 6) is 0.863. The van der Waals surface area contributed by atoms with Crippen LogP contribution in [0.4, 0.5) is 0 Å². The molecule has 0 aromatic carbocycles. The maximum absolute atomic E-state index is 6.04. The Morgan fingerprint density at radius 3 is 2.20 bits per heavy atom. The van der Waals surface area contributed by atoms with Crippen LogP contribution in [-0.4, -0.2) is 25.8 Å². The van der Waals surface area contributed by atoms with Gasteiger partial charge >= 0.3 is 0 Å². The summed E-state index contributed by atoms with van der Waals surface area (Å²) in [5, 5.41) is 3.38. The highest BCUT2D eigenvalue weighted by Gasteiger charge is 2.17.